The normalized spacial score (nSPS) is 11.2. The SMILES string of the molecule is Cc1ccc(-c2ccc(N(c3ccc(-c4cc(-c5ccccc5)cc(-c5ccccc5)c4)cc3)c3ccc(-c4ccc5oc6ccccc6c5c4)cc3)cc2)cc1. The highest BCUT2D eigenvalue weighted by atomic mass is 16.3. The number of nitrogens with zero attached hydrogens (tertiary/aromatic N) is 1. The van der Waals surface area contributed by atoms with E-state index in [0.29, 0.717) is 0 Å². The van der Waals surface area contributed by atoms with Crippen molar-refractivity contribution in [3.63, 3.8) is 0 Å². The van der Waals surface area contributed by atoms with E-state index in [0.717, 1.165) is 50.1 Å². The summed E-state index contributed by atoms with van der Waals surface area (Å²) in [6.07, 6.45) is 0. The molecule has 2 nitrogen and oxygen atoms in total. The van der Waals surface area contributed by atoms with E-state index in [-0.39, 0.29) is 0 Å². The second-order valence-corrected chi connectivity index (χ2v) is 14.7. The van der Waals surface area contributed by atoms with Crippen molar-refractivity contribution in [2.45, 2.75) is 6.92 Å². The van der Waals surface area contributed by atoms with Crippen molar-refractivity contribution in [1.29, 1.82) is 0 Å². The summed E-state index contributed by atoms with van der Waals surface area (Å²) in [5.74, 6) is 0. The summed E-state index contributed by atoms with van der Waals surface area (Å²) >= 11 is 0. The molecule has 0 saturated carbocycles. The Kier molecular flexibility index (Phi) is 8.78. The van der Waals surface area contributed by atoms with E-state index in [9.17, 15) is 0 Å². The highest BCUT2D eigenvalue weighted by molar-refractivity contribution is 6.06. The lowest BCUT2D eigenvalue weighted by atomic mass is 9.93. The van der Waals surface area contributed by atoms with Crippen molar-refractivity contribution in [1.82, 2.24) is 0 Å². The number of anilines is 3. The van der Waals surface area contributed by atoms with Crippen LogP contribution in [0.15, 0.2) is 223 Å². The van der Waals surface area contributed by atoms with Gasteiger partial charge in [-0.15, -0.1) is 0 Å². The van der Waals surface area contributed by atoms with Gasteiger partial charge in [-0.3, -0.25) is 0 Å². The van der Waals surface area contributed by atoms with Gasteiger partial charge in [-0.1, -0.05) is 151 Å². The molecule has 0 fully saturated rings. The molecule has 0 atom stereocenters. The Balaban J connectivity index is 1.03. The maximum Gasteiger partial charge on any atom is 0.135 e. The van der Waals surface area contributed by atoms with Gasteiger partial charge in [0, 0.05) is 27.8 Å². The lowest BCUT2D eigenvalue weighted by Gasteiger charge is -2.26. The Morgan fingerprint density at radius 2 is 0.649 bits per heavy atom. The van der Waals surface area contributed by atoms with Gasteiger partial charge in [0.15, 0.2) is 0 Å². The van der Waals surface area contributed by atoms with Crippen LogP contribution in [0.4, 0.5) is 17.1 Å². The summed E-state index contributed by atoms with van der Waals surface area (Å²) in [7, 11) is 0. The highest BCUT2D eigenvalue weighted by Crippen LogP contribution is 2.40. The number of hydrogen-bond donors (Lipinski definition) is 0. The van der Waals surface area contributed by atoms with E-state index in [1.165, 1.54) is 50.1 Å². The quantitative estimate of drug-likeness (QED) is 0.155. The smallest absolute Gasteiger partial charge is 0.135 e. The van der Waals surface area contributed by atoms with Crippen molar-refractivity contribution in [2.75, 3.05) is 4.90 Å². The Bertz CT molecular complexity index is 2900. The van der Waals surface area contributed by atoms with Crippen LogP contribution in [-0.2, 0) is 0 Å². The lowest BCUT2D eigenvalue weighted by Crippen LogP contribution is -2.09. The van der Waals surface area contributed by atoms with E-state index >= 15 is 0 Å². The minimum absolute atomic E-state index is 0.906. The molecule has 0 amide bonds. The molecule has 1 heterocycles. The summed E-state index contributed by atoms with van der Waals surface area (Å²) < 4.78 is 6.12. The maximum atomic E-state index is 6.12. The fraction of sp³-hybridized carbons (Fsp3) is 0.0182. The van der Waals surface area contributed by atoms with E-state index in [1.54, 1.807) is 0 Å². The van der Waals surface area contributed by atoms with Crippen LogP contribution in [0.3, 0.4) is 0 Å². The first kappa shape index (κ1) is 34.1. The van der Waals surface area contributed by atoms with Crippen LogP contribution in [0.1, 0.15) is 5.56 Å². The third-order valence-electron chi connectivity index (χ3n) is 11.0. The van der Waals surface area contributed by atoms with Crippen LogP contribution in [0.5, 0.6) is 0 Å². The zero-order valence-corrected chi connectivity index (χ0v) is 31.6. The van der Waals surface area contributed by atoms with Crippen molar-refractivity contribution in [3.05, 3.63) is 224 Å². The van der Waals surface area contributed by atoms with Gasteiger partial charge < -0.3 is 9.32 Å². The fourth-order valence-corrected chi connectivity index (χ4v) is 7.90. The number of para-hydroxylation sites is 1. The van der Waals surface area contributed by atoms with E-state index < -0.39 is 0 Å². The van der Waals surface area contributed by atoms with E-state index in [1.807, 2.05) is 12.1 Å². The molecule has 0 radical (unpaired) electrons. The minimum Gasteiger partial charge on any atom is -0.456 e. The number of hydrogen-bond acceptors (Lipinski definition) is 2. The third kappa shape index (κ3) is 6.79. The van der Waals surface area contributed by atoms with Crippen molar-refractivity contribution in [2.24, 2.45) is 0 Å². The first-order chi connectivity index (χ1) is 28.1. The molecule has 0 bridgehead atoms. The predicted octanol–water partition coefficient (Wildman–Crippen LogP) is 15.7. The second kappa shape index (κ2) is 14.7. The van der Waals surface area contributed by atoms with Crippen LogP contribution in [-0.4, -0.2) is 0 Å². The van der Waals surface area contributed by atoms with Crippen LogP contribution in [0.2, 0.25) is 0 Å². The van der Waals surface area contributed by atoms with Crippen LogP contribution in [0, 0.1) is 6.92 Å². The number of furan rings is 1. The molecule has 9 aromatic carbocycles. The Hall–Kier alpha value is -7.42. The van der Waals surface area contributed by atoms with Gasteiger partial charge in [-0.05, 0) is 135 Å². The standard InChI is InChI=1S/C55H39NO/c1-38-16-18-41(19-17-38)42-20-27-49(28-21-42)56(50-29-22-43(23-30-50)45-26-33-55-53(37-45)52-14-8-9-15-54(52)57-55)51-31-24-44(25-32-51)48-35-46(39-10-4-2-5-11-39)34-47(36-48)40-12-6-3-7-13-40/h2-37H,1H3. The number of benzene rings is 9. The zero-order valence-electron chi connectivity index (χ0n) is 31.6. The van der Waals surface area contributed by atoms with Crippen LogP contribution < -0.4 is 4.90 Å². The van der Waals surface area contributed by atoms with Gasteiger partial charge >= 0.3 is 0 Å². The molecule has 57 heavy (non-hydrogen) atoms. The molecule has 1 aromatic heterocycles. The van der Waals surface area contributed by atoms with E-state index in [2.05, 4.69) is 218 Å². The number of aryl methyl sites for hydroxylation is 1. The topological polar surface area (TPSA) is 16.4 Å². The molecule has 0 saturated heterocycles. The fourth-order valence-electron chi connectivity index (χ4n) is 7.90. The summed E-state index contributed by atoms with van der Waals surface area (Å²) in [6, 6.07) is 78.4. The second-order valence-electron chi connectivity index (χ2n) is 14.7. The molecule has 2 heteroatoms. The molecule has 0 aliphatic rings. The van der Waals surface area contributed by atoms with Crippen molar-refractivity contribution in [3.8, 4) is 55.6 Å². The van der Waals surface area contributed by atoms with Gasteiger partial charge in [-0.2, -0.15) is 0 Å². The van der Waals surface area contributed by atoms with E-state index in [4.69, 9.17) is 4.42 Å². The minimum atomic E-state index is 0.906. The third-order valence-corrected chi connectivity index (χ3v) is 11.0. The molecular formula is C55H39NO. The highest BCUT2D eigenvalue weighted by Gasteiger charge is 2.15. The summed E-state index contributed by atoms with van der Waals surface area (Å²) in [5.41, 5.74) is 18.2. The van der Waals surface area contributed by atoms with Gasteiger partial charge in [0.05, 0.1) is 0 Å². The zero-order chi connectivity index (χ0) is 38.1. The van der Waals surface area contributed by atoms with Crippen LogP contribution in [0.25, 0.3) is 77.6 Å². The molecule has 10 rings (SSSR count). The molecule has 270 valence electrons. The van der Waals surface area contributed by atoms with Gasteiger partial charge in [-0.25, -0.2) is 0 Å². The van der Waals surface area contributed by atoms with Gasteiger partial charge in [0.1, 0.15) is 11.2 Å². The number of rotatable bonds is 8. The Labute approximate surface area is 333 Å². The summed E-state index contributed by atoms with van der Waals surface area (Å²) in [5, 5.41) is 2.27. The van der Waals surface area contributed by atoms with Crippen molar-refractivity contribution >= 4 is 39.0 Å². The first-order valence-electron chi connectivity index (χ1n) is 19.5. The molecule has 0 aliphatic carbocycles. The maximum absolute atomic E-state index is 6.12. The van der Waals surface area contributed by atoms with Crippen LogP contribution >= 0.6 is 0 Å². The molecular weight excluding hydrogens is 691 g/mol. The van der Waals surface area contributed by atoms with Gasteiger partial charge in [0.25, 0.3) is 0 Å². The molecule has 10 aromatic rings. The monoisotopic (exact) mass is 729 g/mol. The lowest BCUT2D eigenvalue weighted by molar-refractivity contribution is 0.669. The van der Waals surface area contributed by atoms with Crippen molar-refractivity contribution < 1.29 is 4.42 Å². The molecule has 0 spiro atoms. The molecule has 0 aliphatic heterocycles. The first-order valence-corrected chi connectivity index (χ1v) is 19.5. The molecule has 0 N–H and O–H groups in total. The van der Waals surface area contributed by atoms with Gasteiger partial charge in [0.2, 0.25) is 0 Å². The number of fused-ring (bicyclic) bond motifs is 3. The summed E-state index contributed by atoms with van der Waals surface area (Å²) in [6.45, 7) is 2.13. The predicted molar refractivity (Wildman–Crippen MR) is 240 cm³/mol. The largest absolute Gasteiger partial charge is 0.456 e. The summed E-state index contributed by atoms with van der Waals surface area (Å²) in [4.78, 5) is 2.34. The molecule has 0 unspecified atom stereocenters. The Morgan fingerprint density at radius 3 is 1.16 bits per heavy atom. The Morgan fingerprint density at radius 1 is 0.281 bits per heavy atom. The average molecular weight is 730 g/mol. The average Bonchev–Trinajstić information content (AvgIpc) is 3.66.